The molecule has 0 bridgehead atoms. The topological polar surface area (TPSA) is 38.1 Å². The van der Waals surface area contributed by atoms with Gasteiger partial charge in [0.05, 0.1) is 11.8 Å². The summed E-state index contributed by atoms with van der Waals surface area (Å²) in [7, 11) is 1.81. The summed E-state index contributed by atoms with van der Waals surface area (Å²) >= 11 is 0. The third-order valence-corrected chi connectivity index (χ3v) is 2.92. The van der Waals surface area contributed by atoms with E-state index in [-0.39, 0.29) is 5.91 Å². The molecule has 1 aromatic carbocycles. The minimum Gasteiger partial charge on any atom is -0.308 e. The van der Waals surface area contributed by atoms with Crippen molar-refractivity contribution >= 4 is 11.6 Å². The lowest BCUT2D eigenvalue weighted by Gasteiger charge is -2.22. The van der Waals surface area contributed by atoms with Gasteiger partial charge in [0.1, 0.15) is 0 Å². The number of carbonyl (C=O) groups excluding carboxylic acids is 1. The predicted octanol–water partition coefficient (Wildman–Crippen LogP) is 2.40. The van der Waals surface area contributed by atoms with Crippen molar-refractivity contribution in [2.45, 2.75) is 13.8 Å². The summed E-state index contributed by atoms with van der Waals surface area (Å²) in [6, 6.07) is 7.89. The fourth-order valence-corrected chi connectivity index (χ4v) is 1.98. The zero-order valence-corrected chi connectivity index (χ0v) is 10.9. The van der Waals surface area contributed by atoms with E-state index in [9.17, 15) is 4.79 Å². The highest BCUT2D eigenvalue weighted by Gasteiger charge is 2.18. The quantitative estimate of drug-likeness (QED) is 0.830. The molecular formula is C14H17N3O. The third-order valence-electron chi connectivity index (χ3n) is 2.92. The summed E-state index contributed by atoms with van der Waals surface area (Å²) in [5, 5.41) is 4.04. The molecule has 2 aromatic rings. The van der Waals surface area contributed by atoms with E-state index in [4.69, 9.17) is 0 Å². The van der Waals surface area contributed by atoms with Crippen LogP contribution in [0.3, 0.4) is 0 Å². The number of nitrogens with zero attached hydrogens (tertiary/aromatic N) is 3. The van der Waals surface area contributed by atoms with Crippen LogP contribution in [0, 0.1) is 6.92 Å². The van der Waals surface area contributed by atoms with Gasteiger partial charge in [0, 0.05) is 25.5 Å². The van der Waals surface area contributed by atoms with Crippen molar-refractivity contribution in [1.82, 2.24) is 9.78 Å². The monoisotopic (exact) mass is 243 g/mol. The van der Waals surface area contributed by atoms with Crippen LogP contribution in [0.1, 0.15) is 22.8 Å². The smallest absolute Gasteiger partial charge is 0.261 e. The number of rotatable bonds is 3. The minimum absolute atomic E-state index is 0.0140. The van der Waals surface area contributed by atoms with Crippen molar-refractivity contribution in [3.63, 3.8) is 0 Å². The van der Waals surface area contributed by atoms with Crippen LogP contribution in [-0.4, -0.2) is 22.2 Å². The molecule has 18 heavy (non-hydrogen) atoms. The Labute approximate surface area is 107 Å². The Bertz CT molecular complexity index is 560. The molecule has 0 spiro atoms. The maximum Gasteiger partial charge on any atom is 0.261 e. The number of hydrogen-bond acceptors (Lipinski definition) is 2. The van der Waals surface area contributed by atoms with Crippen molar-refractivity contribution in [3.05, 3.63) is 47.8 Å². The number of anilines is 1. The second kappa shape index (κ2) is 5.04. The second-order valence-corrected chi connectivity index (χ2v) is 4.24. The van der Waals surface area contributed by atoms with Crippen LogP contribution >= 0.6 is 0 Å². The molecule has 4 nitrogen and oxygen atoms in total. The molecule has 0 aliphatic carbocycles. The van der Waals surface area contributed by atoms with Crippen LogP contribution in [0.25, 0.3) is 0 Å². The van der Waals surface area contributed by atoms with E-state index in [1.54, 1.807) is 29.0 Å². The fourth-order valence-electron chi connectivity index (χ4n) is 1.98. The Morgan fingerprint density at radius 1 is 1.39 bits per heavy atom. The Morgan fingerprint density at radius 2 is 2.11 bits per heavy atom. The second-order valence-electron chi connectivity index (χ2n) is 4.24. The van der Waals surface area contributed by atoms with E-state index >= 15 is 0 Å². The number of amides is 1. The van der Waals surface area contributed by atoms with E-state index in [2.05, 4.69) is 5.10 Å². The molecule has 0 saturated heterocycles. The number of aryl methyl sites for hydroxylation is 2. The molecule has 1 aromatic heterocycles. The van der Waals surface area contributed by atoms with Gasteiger partial charge < -0.3 is 4.90 Å². The Balaban J connectivity index is 2.35. The Morgan fingerprint density at radius 3 is 2.67 bits per heavy atom. The highest BCUT2D eigenvalue weighted by Crippen LogP contribution is 2.21. The number of benzene rings is 1. The normalized spacial score (nSPS) is 10.4. The van der Waals surface area contributed by atoms with Gasteiger partial charge in [-0.1, -0.05) is 18.2 Å². The first-order valence-electron chi connectivity index (χ1n) is 5.99. The predicted molar refractivity (Wildman–Crippen MR) is 71.7 cm³/mol. The molecule has 94 valence electrons. The van der Waals surface area contributed by atoms with Gasteiger partial charge in [0.2, 0.25) is 0 Å². The van der Waals surface area contributed by atoms with Crippen LogP contribution in [0.15, 0.2) is 36.7 Å². The summed E-state index contributed by atoms with van der Waals surface area (Å²) < 4.78 is 1.64. The van der Waals surface area contributed by atoms with E-state index in [0.29, 0.717) is 12.1 Å². The van der Waals surface area contributed by atoms with Crippen LogP contribution in [0.2, 0.25) is 0 Å². The molecule has 1 amide bonds. The van der Waals surface area contributed by atoms with Crippen LogP contribution < -0.4 is 4.90 Å². The summed E-state index contributed by atoms with van der Waals surface area (Å²) in [6.07, 6.45) is 3.34. The first kappa shape index (κ1) is 12.4. The highest BCUT2D eigenvalue weighted by molar-refractivity contribution is 6.06. The van der Waals surface area contributed by atoms with Gasteiger partial charge in [0.25, 0.3) is 5.91 Å². The highest BCUT2D eigenvalue weighted by atomic mass is 16.2. The number of aromatic nitrogens is 2. The Kier molecular flexibility index (Phi) is 3.46. The van der Waals surface area contributed by atoms with Crippen molar-refractivity contribution in [2.24, 2.45) is 7.05 Å². The van der Waals surface area contributed by atoms with Gasteiger partial charge in [-0.2, -0.15) is 5.10 Å². The van der Waals surface area contributed by atoms with Crippen molar-refractivity contribution in [3.8, 4) is 0 Å². The molecule has 0 saturated carbocycles. The average molecular weight is 243 g/mol. The first-order chi connectivity index (χ1) is 8.63. The van der Waals surface area contributed by atoms with Crippen LogP contribution in [-0.2, 0) is 7.05 Å². The summed E-state index contributed by atoms with van der Waals surface area (Å²) in [4.78, 5) is 14.2. The molecule has 2 rings (SSSR count). The van der Waals surface area contributed by atoms with Crippen LogP contribution in [0.4, 0.5) is 5.69 Å². The third kappa shape index (κ3) is 2.27. The summed E-state index contributed by atoms with van der Waals surface area (Å²) in [5.41, 5.74) is 2.66. The average Bonchev–Trinajstić information content (AvgIpc) is 2.79. The van der Waals surface area contributed by atoms with Gasteiger partial charge in [-0.15, -0.1) is 0 Å². The Hall–Kier alpha value is -2.10. The van der Waals surface area contributed by atoms with Crippen molar-refractivity contribution < 1.29 is 4.79 Å². The maximum absolute atomic E-state index is 12.4. The van der Waals surface area contributed by atoms with Gasteiger partial charge >= 0.3 is 0 Å². The molecular weight excluding hydrogens is 226 g/mol. The first-order valence-corrected chi connectivity index (χ1v) is 5.99. The SMILES string of the molecule is CCN(C(=O)c1cnn(C)c1)c1ccccc1C. The number of carbonyl (C=O) groups is 1. The largest absolute Gasteiger partial charge is 0.308 e. The van der Waals surface area contributed by atoms with Gasteiger partial charge in [-0.05, 0) is 25.5 Å². The molecule has 0 fully saturated rings. The van der Waals surface area contributed by atoms with Crippen molar-refractivity contribution in [1.29, 1.82) is 0 Å². The molecule has 0 unspecified atom stereocenters. The standard InChI is InChI=1S/C14H17N3O/c1-4-17(13-8-6-5-7-11(13)2)14(18)12-9-15-16(3)10-12/h5-10H,4H2,1-3H3. The number of para-hydroxylation sites is 1. The molecule has 0 N–H and O–H groups in total. The van der Waals surface area contributed by atoms with E-state index in [1.165, 1.54) is 0 Å². The lowest BCUT2D eigenvalue weighted by Crippen LogP contribution is -2.30. The van der Waals surface area contributed by atoms with E-state index in [0.717, 1.165) is 11.3 Å². The lowest BCUT2D eigenvalue weighted by atomic mass is 10.1. The summed E-state index contributed by atoms with van der Waals surface area (Å²) in [5.74, 6) is -0.0140. The number of hydrogen-bond donors (Lipinski definition) is 0. The fraction of sp³-hybridized carbons (Fsp3) is 0.286. The molecule has 0 radical (unpaired) electrons. The van der Waals surface area contributed by atoms with E-state index in [1.807, 2.05) is 38.1 Å². The minimum atomic E-state index is -0.0140. The summed E-state index contributed by atoms with van der Waals surface area (Å²) in [6.45, 7) is 4.62. The zero-order valence-electron chi connectivity index (χ0n) is 10.9. The van der Waals surface area contributed by atoms with Gasteiger partial charge in [-0.25, -0.2) is 0 Å². The van der Waals surface area contributed by atoms with Crippen molar-refractivity contribution in [2.75, 3.05) is 11.4 Å². The van der Waals surface area contributed by atoms with E-state index < -0.39 is 0 Å². The van der Waals surface area contributed by atoms with Gasteiger partial charge in [-0.3, -0.25) is 9.48 Å². The molecule has 1 heterocycles. The van der Waals surface area contributed by atoms with Gasteiger partial charge in [0.15, 0.2) is 0 Å². The molecule has 0 aliphatic rings. The van der Waals surface area contributed by atoms with Crippen LogP contribution in [0.5, 0.6) is 0 Å². The zero-order chi connectivity index (χ0) is 13.1. The lowest BCUT2D eigenvalue weighted by molar-refractivity contribution is 0.0988. The maximum atomic E-state index is 12.4. The molecule has 0 atom stereocenters. The molecule has 4 heteroatoms. The molecule has 0 aliphatic heterocycles.